The Morgan fingerprint density at radius 1 is 1.10 bits per heavy atom. The average molecular weight is 434 g/mol. The minimum Gasteiger partial charge on any atom is -0.493 e. The fraction of sp³-hybridized carbons (Fsp3) is 0.250. The maximum absolute atomic E-state index is 12.1. The van der Waals surface area contributed by atoms with Crippen molar-refractivity contribution in [3.63, 3.8) is 0 Å². The molecule has 0 aliphatic carbocycles. The maximum Gasteiger partial charge on any atom is 0.277 e. The van der Waals surface area contributed by atoms with Gasteiger partial charge in [0.15, 0.2) is 11.5 Å². The quantitative estimate of drug-likeness (QED) is 0.513. The van der Waals surface area contributed by atoms with Crippen LogP contribution in [0.2, 0.25) is 5.02 Å². The molecule has 0 spiro atoms. The van der Waals surface area contributed by atoms with E-state index in [0.717, 1.165) is 11.1 Å². The van der Waals surface area contributed by atoms with Crippen molar-refractivity contribution >= 4 is 29.3 Å². The van der Waals surface area contributed by atoms with Gasteiger partial charge in [-0.15, -0.1) is 10.2 Å². The van der Waals surface area contributed by atoms with Crippen LogP contribution in [0.5, 0.6) is 11.5 Å². The number of carbonyl (C=O) groups is 1. The van der Waals surface area contributed by atoms with Crippen molar-refractivity contribution in [3.05, 3.63) is 53.1 Å². The first-order chi connectivity index (χ1) is 14.1. The Hall–Kier alpha value is -2.71. The smallest absolute Gasteiger partial charge is 0.277 e. The van der Waals surface area contributed by atoms with Crippen LogP contribution < -0.4 is 14.8 Å². The SMILES string of the molecule is COc1ccc(CCNC(=O)CSc2nnc(-c3ccc(Cl)cc3)o2)cc1OC. The largest absolute Gasteiger partial charge is 0.493 e. The van der Waals surface area contributed by atoms with Crippen LogP contribution in [0, 0.1) is 0 Å². The van der Waals surface area contributed by atoms with E-state index < -0.39 is 0 Å². The second-order valence-corrected chi connectivity index (χ2v) is 7.32. The van der Waals surface area contributed by atoms with Gasteiger partial charge < -0.3 is 19.2 Å². The molecule has 0 saturated heterocycles. The summed E-state index contributed by atoms with van der Waals surface area (Å²) in [7, 11) is 3.19. The summed E-state index contributed by atoms with van der Waals surface area (Å²) in [5.41, 5.74) is 1.81. The number of aromatic nitrogens is 2. The summed E-state index contributed by atoms with van der Waals surface area (Å²) in [6.45, 7) is 0.509. The fourth-order valence-electron chi connectivity index (χ4n) is 2.54. The number of ether oxygens (including phenoxy) is 2. The van der Waals surface area contributed by atoms with Crippen LogP contribution in [0.25, 0.3) is 11.5 Å². The number of carbonyl (C=O) groups excluding carboxylic acids is 1. The van der Waals surface area contributed by atoms with Gasteiger partial charge in [0.1, 0.15) is 0 Å². The molecule has 7 nitrogen and oxygen atoms in total. The molecular weight excluding hydrogens is 414 g/mol. The third-order valence-electron chi connectivity index (χ3n) is 4.01. The highest BCUT2D eigenvalue weighted by molar-refractivity contribution is 7.99. The molecule has 0 aliphatic heterocycles. The molecule has 0 unspecified atom stereocenters. The Kier molecular flexibility index (Phi) is 7.37. The molecule has 0 fully saturated rings. The molecule has 9 heteroatoms. The van der Waals surface area contributed by atoms with Crippen LogP contribution in [0.1, 0.15) is 5.56 Å². The minimum absolute atomic E-state index is 0.110. The van der Waals surface area contributed by atoms with Gasteiger partial charge in [0, 0.05) is 17.1 Å². The van der Waals surface area contributed by atoms with Crippen LogP contribution in [0.15, 0.2) is 52.1 Å². The molecule has 1 N–H and O–H groups in total. The third kappa shape index (κ3) is 5.88. The van der Waals surface area contributed by atoms with Crippen molar-refractivity contribution in [1.29, 1.82) is 0 Å². The number of halogens is 1. The van der Waals surface area contributed by atoms with Crippen LogP contribution in [0.3, 0.4) is 0 Å². The maximum atomic E-state index is 12.1. The van der Waals surface area contributed by atoms with Gasteiger partial charge in [0.2, 0.25) is 11.8 Å². The molecule has 1 amide bonds. The van der Waals surface area contributed by atoms with Crippen molar-refractivity contribution < 1.29 is 18.7 Å². The molecule has 3 rings (SSSR count). The molecule has 1 aromatic heterocycles. The van der Waals surface area contributed by atoms with Crippen LogP contribution >= 0.6 is 23.4 Å². The van der Waals surface area contributed by atoms with Crippen molar-refractivity contribution in [1.82, 2.24) is 15.5 Å². The molecule has 0 saturated carbocycles. The van der Waals surface area contributed by atoms with Crippen molar-refractivity contribution in [2.24, 2.45) is 0 Å². The Bertz CT molecular complexity index is 963. The normalized spacial score (nSPS) is 10.6. The lowest BCUT2D eigenvalue weighted by atomic mass is 10.1. The van der Waals surface area contributed by atoms with E-state index in [1.165, 1.54) is 11.8 Å². The number of amides is 1. The van der Waals surface area contributed by atoms with Gasteiger partial charge in [0.05, 0.1) is 20.0 Å². The molecule has 2 aromatic carbocycles. The number of nitrogens with one attached hydrogen (secondary N) is 1. The summed E-state index contributed by atoms with van der Waals surface area (Å²) < 4.78 is 16.1. The first-order valence-corrected chi connectivity index (χ1v) is 10.1. The highest BCUT2D eigenvalue weighted by atomic mass is 35.5. The zero-order valence-electron chi connectivity index (χ0n) is 16.0. The van der Waals surface area contributed by atoms with Gasteiger partial charge in [-0.05, 0) is 48.4 Å². The molecule has 29 heavy (non-hydrogen) atoms. The predicted octanol–water partition coefficient (Wildman–Crippen LogP) is 3.86. The third-order valence-corrected chi connectivity index (χ3v) is 5.08. The van der Waals surface area contributed by atoms with E-state index in [4.69, 9.17) is 25.5 Å². The number of benzene rings is 2. The summed E-state index contributed by atoms with van der Waals surface area (Å²) in [6.07, 6.45) is 0.679. The first kappa shape index (κ1) is 21.0. The van der Waals surface area contributed by atoms with E-state index in [1.807, 2.05) is 18.2 Å². The van der Waals surface area contributed by atoms with E-state index in [9.17, 15) is 4.79 Å². The van der Waals surface area contributed by atoms with E-state index in [-0.39, 0.29) is 11.7 Å². The summed E-state index contributed by atoms with van der Waals surface area (Å²) >= 11 is 7.06. The molecule has 0 atom stereocenters. The van der Waals surface area contributed by atoms with E-state index in [1.54, 1.807) is 38.5 Å². The van der Waals surface area contributed by atoms with Crippen LogP contribution in [-0.4, -0.2) is 42.6 Å². The van der Waals surface area contributed by atoms with Crippen molar-refractivity contribution in [2.75, 3.05) is 26.5 Å². The standard InChI is InChI=1S/C20H20ClN3O4S/c1-26-16-8-3-13(11-17(16)27-2)9-10-22-18(25)12-29-20-24-23-19(28-20)14-4-6-15(21)7-5-14/h3-8,11H,9-10,12H2,1-2H3,(H,22,25). The minimum atomic E-state index is -0.110. The zero-order chi connectivity index (χ0) is 20.6. The molecule has 0 aliphatic rings. The van der Waals surface area contributed by atoms with E-state index in [2.05, 4.69) is 15.5 Å². The van der Waals surface area contributed by atoms with Gasteiger partial charge in [-0.2, -0.15) is 0 Å². The lowest BCUT2D eigenvalue weighted by Crippen LogP contribution is -2.27. The zero-order valence-corrected chi connectivity index (χ0v) is 17.5. The fourth-order valence-corrected chi connectivity index (χ4v) is 3.26. The average Bonchev–Trinajstić information content (AvgIpc) is 3.21. The Balaban J connectivity index is 1.44. The first-order valence-electron chi connectivity index (χ1n) is 8.79. The Morgan fingerprint density at radius 3 is 2.59 bits per heavy atom. The van der Waals surface area contributed by atoms with E-state index in [0.29, 0.717) is 40.6 Å². The van der Waals surface area contributed by atoms with E-state index >= 15 is 0 Å². The summed E-state index contributed by atoms with van der Waals surface area (Å²) in [5.74, 6) is 1.81. The number of hydrogen-bond acceptors (Lipinski definition) is 7. The number of rotatable bonds is 9. The van der Waals surface area contributed by atoms with Crippen molar-refractivity contribution in [2.45, 2.75) is 11.6 Å². The second-order valence-electron chi connectivity index (χ2n) is 5.96. The van der Waals surface area contributed by atoms with Crippen LogP contribution in [-0.2, 0) is 11.2 Å². The number of hydrogen-bond donors (Lipinski definition) is 1. The number of thioether (sulfide) groups is 1. The van der Waals surface area contributed by atoms with Gasteiger partial charge in [-0.1, -0.05) is 29.4 Å². The Morgan fingerprint density at radius 2 is 1.86 bits per heavy atom. The summed E-state index contributed by atoms with van der Waals surface area (Å²) in [5, 5.41) is 11.8. The second kappa shape index (κ2) is 10.2. The van der Waals surface area contributed by atoms with Gasteiger partial charge in [-0.25, -0.2) is 0 Å². The molecule has 0 radical (unpaired) electrons. The summed E-state index contributed by atoms with van der Waals surface area (Å²) in [4.78, 5) is 12.1. The molecule has 3 aromatic rings. The highest BCUT2D eigenvalue weighted by Crippen LogP contribution is 2.27. The highest BCUT2D eigenvalue weighted by Gasteiger charge is 2.11. The lowest BCUT2D eigenvalue weighted by molar-refractivity contribution is -0.118. The monoisotopic (exact) mass is 433 g/mol. The summed E-state index contributed by atoms with van der Waals surface area (Å²) in [6, 6.07) is 12.8. The lowest BCUT2D eigenvalue weighted by Gasteiger charge is -2.10. The topological polar surface area (TPSA) is 86.5 Å². The van der Waals surface area contributed by atoms with Gasteiger partial charge >= 0.3 is 0 Å². The van der Waals surface area contributed by atoms with Crippen molar-refractivity contribution in [3.8, 4) is 23.0 Å². The molecular formula is C20H20ClN3O4S. The molecule has 152 valence electrons. The molecule has 1 heterocycles. The van der Waals surface area contributed by atoms with Gasteiger partial charge in [-0.3, -0.25) is 4.79 Å². The number of nitrogens with zero attached hydrogens (tertiary/aromatic N) is 2. The molecule has 0 bridgehead atoms. The predicted molar refractivity (Wildman–Crippen MR) is 112 cm³/mol. The Labute approximate surface area is 177 Å². The van der Waals surface area contributed by atoms with Crippen LogP contribution in [0.4, 0.5) is 0 Å². The number of methoxy groups -OCH3 is 2. The van der Waals surface area contributed by atoms with Gasteiger partial charge in [0.25, 0.3) is 5.22 Å².